The molecule has 1 aliphatic carbocycles. The normalized spacial score (nSPS) is 14.5. The third-order valence-electron chi connectivity index (χ3n) is 3.84. The largest absolute Gasteiger partial charge is 0.373 e. The average Bonchev–Trinajstić information content (AvgIpc) is 3.20. The number of anilines is 2. The van der Waals surface area contributed by atoms with Crippen LogP contribution in [-0.4, -0.2) is 23.1 Å². The molecule has 2 heterocycles. The standard InChI is InChI=1S/C16H22N4S/c1-11(2)14-15(17-3)18-10-19-16(14)20(12-6-7-12)9-13-5-4-8-21-13/h4-5,8,10-12H,6-7,9H2,1-3H3,(H,17,18,19). The van der Waals surface area contributed by atoms with Crippen molar-refractivity contribution in [1.82, 2.24) is 9.97 Å². The second-order valence-corrected chi connectivity index (χ2v) is 6.83. The van der Waals surface area contributed by atoms with Gasteiger partial charge in [0.25, 0.3) is 0 Å². The Morgan fingerprint density at radius 2 is 2.19 bits per heavy atom. The highest BCUT2D eigenvalue weighted by Crippen LogP contribution is 2.38. The lowest BCUT2D eigenvalue weighted by molar-refractivity contribution is 0.753. The molecule has 0 aromatic carbocycles. The Morgan fingerprint density at radius 1 is 1.38 bits per heavy atom. The van der Waals surface area contributed by atoms with E-state index in [1.807, 2.05) is 18.4 Å². The van der Waals surface area contributed by atoms with Gasteiger partial charge in [-0.2, -0.15) is 0 Å². The molecule has 1 fully saturated rings. The highest BCUT2D eigenvalue weighted by atomic mass is 32.1. The van der Waals surface area contributed by atoms with E-state index in [9.17, 15) is 0 Å². The summed E-state index contributed by atoms with van der Waals surface area (Å²) in [6, 6.07) is 4.95. The molecule has 1 N–H and O–H groups in total. The summed E-state index contributed by atoms with van der Waals surface area (Å²) in [6.07, 6.45) is 4.21. The topological polar surface area (TPSA) is 41.1 Å². The lowest BCUT2D eigenvalue weighted by atomic mass is 10.0. The fraction of sp³-hybridized carbons (Fsp3) is 0.500. The molecule has 0 aliphatic heterocycles. The maximum atomic E-state index is 4.63. The number of hydrogen-bond donors (Lipinski definition) is 1. The molecule has 4 nitrogen and oxygen atoms in total. The van der Waals surface area contributed by atoms with E-state index in [1.165, 1.54) is 23.3 Å². The van der Waals surface area contributed by atoms with Crippen molar-refractivity contribution in [1.29, 1.82) is 0 Å². The molecule has 5 heteroatoms. The van der Waals surface area contributed by atoms with Crippen LogP contribution in [0.3, 0.4) is 0 Å². The second kappa shape index (κ2) is 6.02. The monoisotopic (exact) mass is 302 g/mol. The minimum atomic E-state index is 0.397. The van der Waals surface area contributed by atoms with Gasteiger partial charge in [-0.3, -0.25) is 0 Å². The first kappa shape index (κ1) is 14.3. The van der Waals surface area contributed by atoms with Gasteiger partial charge in [0.15, 0.2) is 0 Å². The van der Waals surface area contributed by atoms with Gasteiger partial charge in [0.2, 0.25) is 0 Å². The van der Waals surface area contributed by atoms with Gasteiger partial charge in [0, 0.05) is 23.5 Å². The zero-order chi connectivity index (χ0) is 14.8. The first-order chi connectivity index (χ1) is 10.2. The highest BCUT2D eigenvalue weighted by molar-refractivity contribution is 7.09. The Morgan fingerprint density at radius 3 is 2.76 bits per heavy atom. The van der Waals surface area contributed by atoms with E-state index in [4.69, 9.17) is 0 Å². The Kier molecular flexibility index (Phi) is 4.10. The van der Waals surface area contributed by atoms with Crippen molar-refractivity contribution in [2.75, 3.05) is 17.3 Å². The van der Waals surface area contributed by atoms with E-state index in [-0.39, 0.29) is 0 Å². The van der Waals surface area contributed by atoms with Gasteiger partial charge in [0.1, 0.15) is 18.0 Å². The summed E-state index contributed by atoms with van der Waals surface area (Å²) in [7, 11) is 1.93. The summed E-state index contributed by atoms with van der Waals surface area (Å²) < 4.78 is 0. The van der Waals surface area contributed by atoms with Crippen LogP contribution < -0.4 is 10.2 Å². The quantitative estimate of drug-likeness (QED) is 0.879. The van der Waals surface area contributed by atoms with E-state index in [0.29, 0.717) is 12.0 Å². The van der Waals surface area contributed by atoms with Gasteiger partial charge >= 0.3 is 0 Å². The van der Waals surface area contributed by atoms with Crippen molar-refractivity contribution in [3.63, 3.8) is 0 Å². The predicted octanol–water partition coefficient (Wildman–Crippen LogP) is 3.87. The molecule has 1 saturated carbocycles. The third-order valence-corrected chi connectivity index (χ3v) is 4.70. The van der Waals surface area contributed by atoms with Crippen LogP contribution in [0.5, 0.6) is 0 Å². The number of nitrogens with zero attached hydrogens (tertiary/aromatic N) is 3. The molecule has 2 aromatic heterocycles. The molecule has 0 saturated heterocycles. The molecule has 0 atom stereocenters. The zero-order valence-corrected chi connectivity index (χ0v) is 13.7. The summed E-state index contributed by atoms with van der Waals surface area (Å²) in [4.78, 5) is 12.9. The Labute approximate surface area is 130 Å². The number of hydrogen-bond acceptors (Lipinski definition) is 5. The zero-order valence-electron chi connectivity index (χ0n) is 12.8. The number of rotatable bonds is 6. The van der Waals surface area contributed by atoms with Crippen LogP contribution in [0.15, 0.2) is 23.8 Å². The molecular formula is C16H22N4S. The number of aromatic nitrogens is 2. The summed E-state index contributed by atoms with van der Waals surface area (Å²) in [5.41, 5.74) is 1.23. The van der Waals surface area contributed by atoms with E-state index in [0.717, 1.165) is 18.2 Å². The van der Waals surface area contributed by atoms with Crippen LogP contribution in [0.4, 0.5) is 11.6 Å². The van der Waals surface area contributed by atoms with Gasteiger partial charge in [-0.25, -0.2) is 9.97 Å². The predicted molar refractivity (Wildman–Crippen MR) is 89.2 cm³/mol. The Bertz CT molecular complexity index is 590. The molecule has 21 heavy (non-hydrogen) atoms. The van der Waals surface area contributed by atoms with Gasteiger partial charge in [-0.1, -0.05) is 19.9 Å². The van der Waals surface area contributed by atoms with Crippen LogP contribution in [0, 0.1) is 0 Å². The van der Waals surface area contributed by atoms with Crippen LogP contribution in [-0.2, 0) is 6.54 Å². The number of nitrogens with one attached hydrogen (secondary N) is 1. The minimum Gasteiger partial charge on any atom is -0.373 e. The molecule has 0 spiro atoms. The van der Waals surface area contributed by atoms with Crippen molar-refractivity contribution in [2.24, 2.45) is 0 Å². The molecule has 0 unspecified atom stereocenters. The molecule has 3 rings (SSSR count). The molecule has 0 bridgehead atoms. The fourth-order valence-corrected chi connectivity index (χ4v) is 3.38. The van der Waals surface area contributed by atoms with E-state index in [2.05, 4.69) is 51.5 Å². The molecule has 112 valence electrons. The maximum Gasteiger partial charge on any atom is 0.138 e. The van der Waals surface area contributed by atoms with Crippen molar-refractivity contribution in [2.45, 2.75) is 45.2 Å². The average molecular weight is 302 g/mol. The van der Waals surface area contributed by atoms with E-state index in [1.54, 1.807) is 6.33 Å². The lowest BCUT2D eigenvalue weighted by Gasteiger charge is -2.27. The van der Waals surface area contributed by atoms with Crippen molar-refractivity contribution in [3.8, 4) is 0 Å². The molecule has 0 amide bonds. The molecule has 2 aromatic rings. The van der Waals surface area contributed by atoms with Crippen LogP contribution >= 0.6 is 11.3 Å². The van der Waals surface area contributed by atoms with Gasteiger partial charge in [-0.05, 0) is 30.2 Å². The van der Waals surface area contributed by atoms with Crippen molar-refractivity contribution in [3.05, 3.63) is 34.3 Å². The first-order valence-corrected chi connectivity index (χ1v) is 8.40. The van der Waals surface area contributed by atoms with E-state index < -0.39 is 0 Å². The summed E-state index contributed by atoms with van der Waals surface area (Å²) in [5.74, 6) is 2.44. The Hall–Kier alpha value is -1.62. The fourth-order valence-electron chi connectivity index (χ4n) is 2.68. The summed E-state index contributed by atoms with van der Waals surface area (Å²) in [5, 5.41) is 5.36. The van der Waals surface area contributed by atoms with Gasteiger partial charge in [0.05, 0.1) is 6.54 Å². The van der Waals surface area contributed by atoms with Gasteiger partial charge < -0.3 is 10.2 Å². The van der Waals surface area contributed by atoms with Gasteiger partial charge in [-0.15, -0.1) is 11.3 Å². The van der Waals surface area contributed by atoms with E-state index >= 15 is 0 Å². The molecule has 0 radical (unpaired) electrons. The SMILES string of the molecule is CNc1ncnc(N(Cc2cccs2)C2CC2)c1C(C)C. The van der Waals surface area contributed by atoms with Crippen molar-refractivity contribution >= 4 is 23.0 Å². The third kappa shape index (κ3) is 3.02. The Balaban J connectivity index is 1.99. The molecule has 1 aliphatic rings. The second-order valence-electron chi connectivity index (χ2n) is 5.80. The number of thiophene rings is 1. The first-order valence-electron chi connectivity index (χ1n) is 7.52. The van der Waals surface area contributed by atoms with Crippen LogP contribution in [0.1, 0.15) is 43.0 Å². The summed E-state index contributed by atoms with van der Waals surface area (Å²) >= 11 is 1.81. The highest BCUT2D eigenvalue weighted by Gasteiger charge is 2.32. The molecular weight excluding hydrogens is 280 g/mol. The summed E-state index contributed by atoms with van der Waals surface area (Å²) in [6.45, 7) is 5.36. The minimum absolute atomic E-state index is 0.397. The lowest BCUT2D eigenvalue weighted by Crippen LogP contribution is -2.27. The van der Waals surface area contributed by atoms with Crippen LogP contribution in [0.2, 0.25) is 0 Å². The van der Waals surface area contributed by atoms with Crippen molar-refractivity contribution < 1.29 is 0 Å². The smallest absolute Gasteiger partial charge is 0.138 e. The van der Waals surface area contributed by atoms with Crippen LogP contribution in [0.25, 0.3) is 0 Å². The maximum absolute atomic E-state index is 4.63.